The number of hydrogen-bond donors (Lipinski definition) is 10. The third kappa shape index (κ3) is 7.23. The first-order chi connectivity index (χ1) is 30.3. The number of rotatable bonds is 8. The third-order valence-electron chi connectivity index (χ3n) is 18.8. The molecule has 2 heterocycles. The van der Waals surface area contributed by atoms with Crippen LogP contribution in [0.1, 0.15) is 117 Å². The van der Waals surface area contributed by atoms with Crippen molar-refractivity contribution >= 4 is 11.9 Å². The lowest BCUT2D eigenvalue weighted by Gasteiger charge is -2.72. The maximum atomic E-state index is 15.0. The minimum Gasteiger partial charge on any atom is -0.504 e. The molecule has 17 heteroatoms. The number of carbonyl (C=O) groups excluding carboxylic acids is 2. The number of aliphatic hydroxyl groups excluding tert-OH is 6. The zero-order valence-corrected chi connectivity index (χ0v) is 38.4. The van der Waals surface area contributed by atoms with Crippen LogP contribution >= 0.6 is 0 Å². The van der Waals surface area contributed by atoms with Crippen LogP contribution in [-0.2, 0) is 28.5 Å². The molecule has 19 unspecified atom stereocenters. The molecule has 0 amide bonds. The fourth-order valence-electron chi connectivity index (χ4n) is 14.5. The van der Waals surface area contributed by atoms with Crippen LogP contribution in [0.15, 0.2) is 23.8 Å². The summed E-state index contributed by atoms with van der Waals surface area (Å²) >= 11 is 0. The lowest BCUT2D eigenvalue weighted by atomic mass is 9.33. The average Bonchev–Trinajstić information content (AvgIpc) is 3.52. The van der Waals surface area contributed by atoms with Crippen LogP contribution < -0.4 is 0 Å². The van der Waals surface area contributed by atoms with Crippen molar-refractivity contribution in [3.63, 3.8) is 0 Å². The summed E-state index contributed by atoms with van der Waals surface area (Å²) in [6, 6.07) is 1.73. The second-order valence-electron chi connectivity index (χ2n) is 22.1. The van der Waals surface area contributed by atoms with Gasteiger partial charge in [-0.1, -0.05) is 53.2 Å². The van der Waals surface area contributed by atoms with Gasteiger partial charge in [0.15, 0.2) is 23.5 Å². The zero-order chi connectivity index (χ0) is 47.6. The second-order valence-corrected chi connectivity index (χ2v) is 22.1. The normalized spacial score (nSPS) is 47.9. The minimum atomic E-state index is -1.88. The molecule has 8 rings (SSSR count). The molecule has 10 N–H and O–H groups in total. The summed E-state index contributed by atoms with van der Waals surface area (Å²) < 4.78 is 29.4. The van der Waals surface area contributed by atoms with Gasteiger partial charge in [0.2, 0.25) is 6.29 Å². The number of allylic oxidation sites excluding steroid dienone is 1. The summed E-state index contributed by atoms with van der Waals surface area (Å²) in [5.41, 5.74) is -3.05. The van der Waals surface area contributed by atoms with Gasteiger partial charge in [-0.2, -0.15) is 0 Å². The predicted molar refractivity (Wildman–Crippen MR) is 228 cm³/mol. The van der Waals surface area contributed by atoms with Crippen LogP contribution in [0, 0.1) is 50.7 Å². The second kappa shape index (κ2) is 16.6. The van der Waals surface area contributed by atoms with E-state index in [1.54, 1.807) is 6.92 Å². The molecule has 7 aliphatic rings. The number of ether oxygens (including phenoxy) is 5. The van der Waals surface area contributed by atoms with Crippen molar-refractivity contribution in [3.05, 3.63) is 29.3 Å². The van der Waals surface area contributed by atoms with Crippen molar-refractivity contribution in [2.75, 3.05) is 13.2 Å². The quantitative estimate of drug-likeness (QED) is 0.102. The standard InChI is InChI=1S/C48H70O17/c1-22-10-15-48(42(59)65-41-37(57)35(55)34(54)28(63-41)21-61-39(58)23-18-25(50)32(52)26(51)19-23)17-16-45(5)24(38(48)47(22,7)60)8-9-30-44(4)13-12-31(43(2,3)29(44)11-14-46(30,45)6)64-40-36(56)33(53)27(20-49)62-40/h8,18-19,22,27-31,33-38,40-41,49-57,60H,9-17,20-21H2,1-7H3. The van der Waals surface area contributed by atoms with Crippen LogP contribution in [0.2, 0.25) is 0 Å². The number of phenols is 3. The molecule has 6 fully saturated rings. The molecule has 364 valence electrons. The van der Waals surface area contributed by atoms with Crippen molar-refractivity contribution in [1.82, 2.24) is 0 Å². The fourth-order valence-corrected chi connectivity index (χ4v) is 14.5. The first-order valence-corrected chi connectivity index (χ1v) is 23.3. The molecule has 65 heavy (non-hydrogen) atoms. The van der Waals surface area contributed by atoms with Gasteiger partial charge in [0.25, 0.3) is 0 Å². The minimum absolute atomic E-state index is 0.127. The molecular weight excluding hydrogens is 849 g/mol. The first kappa shape index (κ1) is 48.4. The number of benzene rings is 1. The highest BCUT2D eigenvalue weighted by Gasteiger charge is 2.72. The summed E-state index contributed by atoms with van der Waals surface area (Å²) in [6.45, 7) is 14.2. The summed E-state index contributed by atoms with van der Waals surface area (Å²) in [5.74, 6) is -4.58. The fraction of sp³-hybridized carbons (Fsp3) is 0.792. The summed E-state index contributed by atoms with van der Waals surface area (Å²) in [7, 11) is 0. The van der Waals surface area contributed by atoms with Crippen LogP contribution in [0.4, 0.5) is 0 Å². The average molecular weight is 919 g/mol. The molecule has 0 radical (unpaired) electrons. The summed E-state index contributed by atoms with van der Waals surface area (Å²) in [5, 5.41) is 106. The lowest BCUT2D eigenvalue weighted by Crippen LogP contribution is -2.68. The number of carbonyl (C=O) groups is 2. The Morgan fingerprint density at radius 1 is 0.754 bits per heavy atom. The number of esters is 2. The van der Waals surface area contributed by atoms with Gasteiger partial charge in [0.1, 0.15) is 49.3 Å². The molecule has 17 nitrogen and oxygen atoms in total. The van der Waals surface area contributed by atoms with E-state index in [2.05, 4.69) is 40.7 Å². The summed E-state index contributed by atoms with van der Waals surface area (Å²) in [4.78, 5) is 27.8. The van der Waals surface area contributed by atoms with Gasteiger partial charge < -0.3 is 74.7 Å². The highest BCUT2D eigenvalue weighted by molar-refractivity contribution is 5.91. The Bertz CT molecular complexity index is 2020. The molecule has 0 bridgehead atoms. The molecule has 1 aromatic carbocycles. The van der Waals surface area contributed by atoms with E-state index in [0.29, 0.717) is 32.1 Å². The van der Waals surface area contributed by atoms with Crippen molar-refractivity contribution in [1.29, 1.82) is 0 Å². The molecule has 5 aliphatic carbocycles. The van der Waals surface area contributed by atoms with E-state index in [1.165, 1.54) is 0 Å². The van der Waals surface area contributed by atoms with Gasteiger partial charge in [0.05, 0.1) is 29.3 Å². The Labute approximate surface area is 379 Å². The monoisotopic (exact) mass is 918 g/mol. The van der Waals surface area contributed by atoms with Crippen LogP contribution in [0.5, 0.6) is 17.2 Å². The van der Waals surface area contributed by atoms with Crippen molar-refractivity contribution < 1.29 is 84.3 Å². The van der Waals surface area contributed by atoms with Gasteiger partial charge in [-0.15, -0.1) is 0 Å². The third-order valence-corrected chi connectivity index (χ3v) is 18.8. The lowest BCUT2D eigenvalue weighted by molar-refractivity contribution is -0.299. The summed E-state index contributed by atoms with van der Waals surface area (Å²) in [6.07, 6.45) is -5.38. The van der Waals surface area contributed by atoms with Crippen molar-refractivity contribution in [2.24, 2.45) is 50.7 Å². The SMILES string of the molecule is CC1CCC2(C(=O)OC3OC(COC(=O)c4cc(O)c(O)c(O)c4)C(O)C(O)C3O)CCC3(C)C(=CCC4C5(C)CCC(OC6OC(CO)C(O)C6O)C(C)(C)C5CCC43C)C2C1(C)O. The highest BCUT2D eigenvalue weighted by atomic mass is 16.7. The van der Waals surface area contributed by atoms with Gasteiger partial charge in [-0.25, -0.2) is 4.79 Å². The van der Waals surface area contributed by atoms with Gasteiger partial charge >= 0.3 is 11.9 Å². The highest BCUT2D eigenvalue weighted by Crippen LogP contribution is 2.76. The number of fused-ring (bicyclic) bond motifs is 7. The van der Waals surface area contributed by atoms with Gasteiger partial charge in [0, 0.05) is 5.92 Å². The maximum absolute atomic E-state index is 15.0. The van der Waals surface area contributed by atoms with Crippen molar-refractivity contribution in [3.8, 4) is 17.2 Å². The first-order valence-electron chi connectivity index (χ1n) is 23.3. The smallest absolute Gasteiger partial charge is 0.338 e. The topological polar surface area (TPSA) is 283 Å². The zero-order valence-electron chi connectivity index (χ0n) is 38.4. The molecule has 0 spiro atoms. The molecule has 19 atom stereocenters. The Morgan fingerprint density at radius 3 is 2.03 bits per heavy atom. The maximum Gasteiger partial charge on any atom is 0.338 e. The Kier molecular flexibility index (Phi) is 12.3. The predicted octanol–water partition coefficient (Wildman–Crippen LogP) is 2.91. The van der Waals surface area contributed by atoms with Gasteiger partial charge in [-0.05, 0) is 116 Å². The van der Waals surface area contributed by atoms with E-state index in [-0.39, 0.29) is 45.7 Å². The van der Waals surface area contributed by atoms with Crippen LogP contribution in [-0.4, -0.2) is 143 Å². The molecular formula is C48H70O17. The Hall–Kier alpha value is -3.10. The van der Waals surface area contributed by atoms with E-state index in [9.17, 15) is 60.7 Å². The van der Waals surface area contributed by atoms with E-state index < -0.39 is 120 Å². The van der Waals surface area contributed by atoms with E-state index in [1.807, 2.05) is 6.92 Å². The van der Waals surface area contributed by atoms with Crippen LogP contribution in [0.3, 0.4) is 0 Å². The number of hydrogen-bond acceptors (Lipinski definition) is 17. The Balaban J connectivity index is 1.04. The van der Waals surface area contributed by atoms with E-state index in [0.717, 1.165) is 43.4 Å². The number of phenolic OH excluding ortho intramolecular Hbond substituents is 3. The molecule has 1 aromatic rings. The molecule has 4 saturated carbocycles. The molecule has 2 aliphatic heterocycles. The van der Waals surface area contributed by atoms with Gasteiger partial charge in [-0.3, -0.25) is 4.79 Å². The van der Waals surface area contributed by atoms with Crippen molar-refractivity contribution in [2.45, 2.75) is 173 Å². The van der Waals surface area contributed by atoms with E-state index >= 15 is 0 Å². The Morgan fingerprint density at radius 2 is 1.38 bits per heavy atom. The van der Waals surface area contributed by atoms with Crippen LogP contribution in [0.25, 0.3) is 0 Å². The van der Waals surface area contributed by atoms with E-state index in [4.69, 9.17) is 23.7 Å². The number of aromatic hydroxyl groups is 3. The molecule has 0 aromatic heterocycles. The molecule has 2 saturated heterocycles. The number of aliphatic hydroxyl groups is 7. The largest absolute Gasteiger partial charge is 0.504 e.